The minimum Gasteiger partial charge on any atom is -0.456 e. The third kappa shape index (κ3) is 63.5. The largest absolute Gasteiger partial charge is 0.472 e. The van der Waals surface area contributed by atoms with E-state index in [2.05, 4.69) is 99.0 Å². The van der Waals surface area contributed by atoms with E-state index < -0.39 is 20.0 Å². The quantitative estimate of drug-likeness (QED) is 0.0205. The molecule has 0 aliphatic rings. The Hall–Kier alpha value is -2.81. The number of nitrogens with zero attached hydrogens (tertiary/aromatic N) is 1. The van der Waals surface area contributed by atoms with E-state index in [1.165, 1.54) is 186 Å². The van der Waals surface area contributed by atoms with E-state index in [0.717, 1.165) is 89.9 Å². The molecule has 9 nitrogen and oxygen atoms in total. The number of phosphoric ester groups is 1. The lowest BCUT2D eigenvalue weighted by Crippen LogP contribution is -2.47. The zero-order chi connectivity index (χ0) is 60.7. The van der Waals surface area contributed by atoms with Crippen LogP contribution in [0.1, 0.15) is 316 Å². The van der Waals surface area contributed by atoms with Crippen molar-refractivity contribution in [3.63, 3.8) is 0 Å². The lowest BCUT2D eigenvalue weighted by molar-refractivity contribution is -0.870. The van der Waals surface area contributed by atoms with Crippen molar-refractivity contribution in [3.8, 4) is 0 Å². The van der Waals surface area contributed by atoms with Gasteiger partial charge in [-0.25, -0.2) is 4.57 Å². The maximum Gasteiger partial charge on any atom is 0.472 e. The van der Waals surface area contributed by atoms with E-state index in [4.69, 9.17) is 13.8 Å². The molecule has 83 heavy (non-hydrogen) atoms. The first-order chi connectivity index (χ1) is 40.4. The smallest absolute Gasteiger partial charge is 0.456 e. The average molecular weight is 1180 g/mol. The van der Waals surface area contributed by atoms with E-state index in [0.29, 0.717) is 17.4 Å². The van der Waals surface area contributed by atoms with Crippen molar-refractivity contribution in [1.82, 2.24) is 5.32 Å². The van der Waals surface area contributed by atoms with Gasteiger partial charge in [0.25, 0.3) is 0 Å². The SMILES string of the molecule is CC/C=C\C/C=C\C/C=C\C/C=C\C/C=C\C/C=C\CCCCC(=O)NC(COP(=O)(O)OCC[N+](C)(C)C)C(/C=C/CCCCCCCCCCC)OC(=O)CCCCCCCCCCCCCCCCCCCCCCCCCCC. The molecule has 1 amide bonds. The summed E-state index contributed by atoms with van der Waals surface area (Å²) in [6.07, 6.45) is 83.3. The van der Waals surface area contributed by atoms with Gasteiger partial charge in [-0.05, 0) is 83.1 Å². The molecule has 0 rings (SSSR count). The van der Waals surface area contributed by atoms with Gasteiger partial charge in [0.05, 0.1) is 33.8 Å². The first-order valence-corrected chi connectivity index (χ1v) is 36.4. The molecule has 0 aliphatic carbocycles. The number of ether oxygens (including phenoxy) is 1. The molecule has 3 unspecified atom stereocenters. The van der Waals surface area contributed by atoms with Crippen LogP contribution in [-0.2, 0) is 27.9 Å². The van der Waals surface area contributed by atoms with Crippen molar-refractivity contribution >= 4 is 19.7 Å². The molecular weight excluding hydrogens is 1050 g/mol. The molecule has 0 heterocycles. The zero-order valence-corrected chi connectivity index (χ0v) is 56.1. The summed E-state index contributed by atoms with van der Waals surface area (Å²) < 4.78 is 30.7. The molecule has 0 aliphatic heterocycles. The maximum atomic E-state index is 13.6. The van der Waals surface area contributed by atoms with Crippen LogP contribution in [0, 0.1) is 0 Å². The molecule has 0 bridgehead atoms. The second-order valence-corrected chi connectivity index (χ2v) is 26.1. The normalized spacial score (nSPS) is 14.1. The van der Waals surface area contributed by atoms with Gasteiger partial charge >= 0.3 is 13.8 Å². The van der Waals surface area contributed by atoms with Crippen LogP contribution in [0.25, 0.3) is 0 Å². The summed E-state index contributed by atoms with van der Waals surface area (Å²) in [5.74, 6) is -0.549. The topological polar surface area (TPSA) is 111 Å². The van der Waals surface area contributed by atoms with Crippen LogP contribution >= 0.6 is 7.82 Å². The zero-order valence-electron chi connectivity index (χ0n) is 55.2. The predicted octanol–water partition coefficient (Wildman–Crippen LogP) is 22.1. The van der Waals surface area contributed by atoms with Gasteiger partial charge in [0.1, 0.15) is 19.3 Å². The second-order valence-electron chi connectivity index (χ2n) is 24.7. The summed E-state index contributed by atoms with van der Waals surface area (Å²) in [4.78, 5) is 37.8. The number of phosphoric acid groups is 1. The van der Waals surface area contributed by atoms with E-state index in [1.54, 1.807) is 0 Å². The van der Waals surface area contributed by atoms with E-state index in [9.17, 15) is 19.0 Å². The van der Waals surface area contributed by atoms with Crippen LogP contribution in [-0.4, -0.2) is 74.3 Å². The van der Waals surface area contributed by atoms with Crippen LogP contribution in [0.2, 0.25) is 0 Å². The fourth-order valence-electron chi connectivity index (χ4n) is 10.0. The third-order valence-electron chi connectivity index (χ3n) is 15.3. The Labute approximate surface area is 514 Å². The predicted molar refractivity (Wildman–Crippen MR) is 360 cm³/mol. The molecule has 0 aromatic rings. The number of nitrogens with one attached hydrogen (secondary N) is 1. The maximum absolute atomic E-state index is 13.6. The van der Waals surface area contributed by atoms with Gasteiger partial charge in [0, 0.05) is 12.8 Å². The van der Waals surface area contributed by atoms with E-state index in [-0.39, 0.29) is 37.9 Å². The highest BCUT2D eigenvalue weighted by atomic mass is 31.2. The van der Waals surface area contributed by atoms with Crippen LogP contribution < -0.4 is 5.32 Å². The molecule has 2 N–H and O–H groups in total. The molecule has 10 heteroatoms. The molecule has 3 atom stereocenters. The standard InChI is InChI=1S/C73H133N2O7P/c1-7-10-13-16-19-22-25-27-29-31-33-35-36-37-38-40-42-44-46-48-51-54-57-60-63-66-73(77)82-71(64-61-58-55-52-49-24-21-18-15-12-9-3)70(69-81-83(78,79)80-68-67-75(4,5)6)74-72(76)65-62-59-56-53-50-47-45-43-41-39-34-32-30-28-26-23-20-17-14-11-8-2/h11,14,20,23,28,30,34,39,43,45,50,53,61,64,70-71H,7-10,12-13,15-19,21-22,24-27,29,31-33,35-38,40-42,44,46-49,51-52,54-60,62-63,65-69H2,1-6H3,(H-,74,76,78,79)/p+1/b14-11-,23-20-,30-28-,39-34-,45-43-,53-50-,64-61+. The lowest BCUT2D eigenvalue weighted by Gasteiger charge is -2.27. The Kier molecular flexibility index (Phi) is 60.1. The first kappa shape index (κ1) is 80.2. The van der Waals surface area contributed by atoms with Gasteiger partial charge in [0.2, 0.25) is 5.91 Å². The highest BCUT2D eigenvalue weighted by Crippen LogP contribution is 2.43. The number of likely N-dealkylation sites (N-methyl/N-ethyl adjacent to an activating group) is 1. The summed E-state index contributed by atoms with van der Waals surface area (Å²) in [6, 6.07) is -0.874. The van der Waals surface area contributed by atoms with Crippen molar-refractivity contribution in [3.05, 3.63) is 85.1 Å². The van der Waals surface area contributed by atoms with Gasteiger partial charge in [0.15, 0.2) is 0 Å². The van der Waals surface area contributed by atoms with Crippen molar-refractivity contribution in [1.29, 1.82) is 0 Å². The van der Waals surface area contributed by atoms with Crippen LogP contribution in [0.3, 0.4) is 0 Å². The Morgan fingerprint density at radius 1 is 0.434 bits per heavy atom. The van der Waals surface area contributed by atoms with E-state index in [1.807, 2.05) is 33.3 Å². The van der Waals surface area contributed by atoms with Gasteiger partial charge in [-0.15, -0.1) is 0 Å². The van der Waals surface area contributed by atoms with E-state index >= 15 is 0 Å². The summed E-state index contributed by atoms with van der Waals surface area (Å²) in [5, 5.41) is 3.04. The Bertz CT molecular complexity index is 1700. The summed E-state index contributed by atoms with van der Waals surface area (Å²) in [6.45, 7) is 6.89. The Morgan fingerprint density at radius 3 is 1.17 bits per heavy atom. The summed E-state index contributed by atoms with van der Waals surface area (Å²) in [7, 11) is 1.47. The number of allylic oxidation sites excluding steroid dienone is 13. The van der Waals surface area contributed by atoms with Crippen LogP contribution in [0.5, 0.6) is 0 Å². The minimum atomic E-state index is -4.47. The number of hydrogen-bond donors (Lipinski definition) is 2. The number of unbranched alkanes of at least 4 members (excludes halogenated alkanes) is 35. The molecule has 0 saturated heterocycles. The molecule has 0 fully saturated rings. The Balaban J connectivity index is 5.09. The van der Waals surface area contributed by atoms with Crippen molar-refractivity contribution in [2.24, 2.45) is 0 Å². The highest BCUT2D eigenvalue weighted by molar-refractivity contribution is 7.47. The van der Waals surface area contributed by atoms with Crippen LogP contribution in [0.4, 0.5) is 0 Å². The first-order valence-electron chi connectivity index (χ1n) is 34.9. The average Bonchev–Trinajstić information content (AvgIpc) is 3.51. The van der Waals surface area contributed by atoms with Crippen LogP contribution in [0.15, 0.2) is 85.1 Å². The van der Waals surface area contributed by atoms with Crippen molar-refractivity contribution < 1.29 is 37.3 Å². The van der Waals surface area contributed by atoms with Gasteiger partial charge in [-0.1, -0.05) is 305 Å². The van der Waals surface area contributed by atoms with Crippen molar-refractivity contribution in [2.75, 3.05) is 40.9 Å². The number of quaternary nitrogens is 1. The third-order valence-corrected chi connectivity index (χ3v) is 16.3. The molecule has 482 valence electrons. The fourth-order valence-corrected chi connectivity index (χ4v) is 10.7. The summed E-state index contributed by atoms with van der Waals surface area (Å²) >= 11 is 0. The number of carbonyl (C=O) groups excluding carboxylic acids is 2. The fraction of sp³-hybridized carbons (Fsp3) is 0.781. The molecule has 0 radical (unpaired) electrons. The molecular formula is C73H134N2O7P+. The highest BCUT2D eigenvalue weighted by Gasteiger charge is 2.30. The summed E-state index contributed by atoms with van der Waals surface area (Å²) in [5.41, 5.74) is 0. The lowest BCUT2D eigenvalue weighted by atomic mass is 10.0. The number of hydrogen-bond acceptors (Lipinski definition) is 6. The molecule has 0 aromatic heterocycles. The number of amides is 1. The number of rotatable bonds is 63. The molecule has 0 saturated carbocycles. The molecule has 0 spiro atoms. The van der Waals surface area contributed by atoms with Crippen molar-refractivity contribution in [2.45, 2.75) is 328 Å². The van der Waals surface area contributed by atoms with Gasteiger partial charge in [-0.3, -0.25) is 18.6 Å². The molecule has 0 aromatic carbocycles. The monoisotopic (exact) mass is 1180 g/mol. The Morgan fingerprint density at radius 2 is 0.771 bits per heavy atom. The minimum absolute atomic E-state index is 0.0295. The number of carbonyl (C=O) groups is 2. The van der Waals surface area contributed by atoms with Gasteiger partial charge in [-0.2, -0.15) is 0 Å². The van der Waals surface area contributed by atoms with Gasteiger partial charge < -0.3 is 19.4 Å². The second kappa shape index (κ2) is 62.2. The number of esters is 1.